The van der Waals surface area contributed by atoms with Gasteiger partial charge in [0.05, 0.1) is 10.9 Å². The number of halogens is 1. The number of pyridine rings is 1. The Morgan fingerprint density at radius 2 is 2.06 bits per heavy atom. The Labute approximate surface area is 192 Å². The maximum Gasteiger partial charge on any atom is 0.261 e. The van der Waals surface area contributed by atoms with Crippen molar-refractivity contribution in [1.29, 1.82) is 0 Å². The number of nitrogen functional groups attached to an aromatic ring is 1. The van der Waals surface area contributed by atoms with E-state index in [2.05, 4.69) is 44.2 Å². The van der Waals surface area contributed by atoms with E-state index in [9.17, 15) is 9.18 Å². The van der Waals surface area contributed by atoms with E-state index in [-0.39, 0.29) is 16.5 Å². The van der Waals surface area contributed by atoms with Crippen LogP contribution >= 0.6 is 0 Å². The highest BCUT2D eigenvalue weighted by Crippen LogP contribution is 2.18. The van der Waals surface area contributed by atoms with E-state index in [1.54, 1.807) is 19.2 Å². The average Bonchev–Trinajstić information content (AvgIpc) is 3.16. The number of amidine groups is 1. The number of aromatic nitrogens is 1. The smallest absolute Gasteiger partial charge is 0.261 e. The predicted molar refractivity (Wildman–Crippen MR) is 133 cm³/mol. The van der Waals surface area contributed by atoms with Crippen molar-refractivity contribution in [3.8, 4) is 0 Å². The monoisotopic (exact) mass is 450 g/mol. The quantitative estimate of drug-likeness (QED) is 0.472. The number of H-pyrrole nitrogens is 1. The summed E-state index contributed by atoms with van der Waals surface area (Å²) in [6.45, 7) is 7.30. The second-order valence-corrected chi connectivity index (χ2v) is 8.23. The number of nitrogens with zero attached hydrogens (tertiary/aromatic N) is 3. The second-order valence-electron chi connectivity index (χ2n) is 8.23. The highest BCUT2D eigenvalue weighted by atomic mass is 19.1. The molecule has 174 valence electrons. The van der Waals surface area contributed by atoms with Crippen LogP contribution < -0.4 is 27.2 Å². The molecule has 1 saturated heterocycles. The van der Waals surface area contributed by atoms with Crippen LogP contribution in [-0.4, -0.2) is 60.4 Å². The minimum absolute atomic E-state index is 0.0757. The normalized spacial score (nSPS) is 19.3. The largest absolute Gasteiger partial charge is 0.397 e. The van der Waals surface area contributed by atoms with Gasteiger partial charge in [0.25, 0.3) is 5.56 Å². The number of anilines is 1. The van der Waals surface area contributed by atoms with Crippen molar-refractivity contribution in [2.24, 2.45) is 4.99 Å². The van der Waals surface area contributed by atoms with E-state index in [0.717, 1.165) is 44.8 Å². The van der Waals surface area contributed by atoms with Crippen molar-refractivity contribution >= 4 is 23.4 Å². The first-order valence-electron chi connectivity index (χ1n) is 11.4. The number of nitrogens with one attached hydrogen (secondary N) is 2. The van der Waals surface area contributed by atoms with Crippen LogP contribution in [0.5, 0.6) is 0 Å². The van der Waals surface area contributed by atoms with E-state index >= 15 is 0 Å². The lowest BCUT2D eigenvalue weighted by molar-refractivity contribution is 0.163. The standard InChI is InChI=1S/C25H31FN6O/c1-3-31-12-14-32(15-13-31)18-9-5-4-8-17(16-18)29-24(28-2)22-23(27)21-19(26)10-6-7-11-20(21)30-25(22)33/h4-6,8,10-11,16H,3,7,9,12-15,27H2,1-2H3,(H,28,29)(H,30,33). The molecule has 0 aromatic carbocycles. The Morgan fingerprint density at radius 3 is 2.79 bits per heavy atom. The van der Waals surface area contributed by atoms with Crippen molar-refractivity contribution in [2.75, 3.05) is 45.5 Å². The number of likely N-dealkylation sites (N-methyl/N-ethyl adjacent to an activating group) is 1. The van der Waals surface area contributed by atoms with Gasteiger partial charge in [0, 0.05) is 56.4 Å². The van der Waals surface area contributed by atoms with Gasteiger partial charge in [-0.3, -0.25) is 9.79 Å². The molecule has 8 heteroatoms. The summed E-state index contributed by atoms with van der Waals surface area (Å²) in [6.07, 6.45) is 14.3. The number of aromatic amines is 1. The minimum atomic E-state index is -0.478. The molecule has 4 rings (SSSR count). The zero-order valence-electron chi connectivity index (χ0n) is 19.2. The molecule has 2 heterocycles. The molecule has 0 amide bonds. The molecule has 0 radical (unpaired) electrons. The fourth-order valence-electron chi connectivity index (χ4n) is 4.39. The molecule has 33 heavy (non-hydrogen) atoms. The number of rotatable bonds is 4. The lowest BCUT2D eigenvalue weighted by Crippen LogP contribution is -2.45. The van der Waals surface area contributed by atoms with Crippen molar-refractivity contribution in [2.45, 2.75) is 19.8 Å². The maximum atomic E-state index is 14.7. The molecule has 0 bridgehead atoms. The van der Waals surface area contributed by atoms with Crippen molar-refractivity contribution in [3.05, 3.63) is 74.3 Å². The molecule has 0 saturated carbocycles. The van der Waals surface area contributed by atoms with Crippen molar-refractivity contribution in [1.82, 2.24) is 20.1 Å². The fourth-order valence-corrected chi connectivity index (χ4v) is 4.39. The van der Waals surface area contributed by atoms with Crippen LogP contribution in [0.4, 0.5) is 10.1 Å². The number of nitrogens with two attached hydrogens (primary N) is 1. The summed E-state index contributed by atoms with van der Waals surface area (Å²) < 4.78 is 14.7. The molecule has 2 aliphatic carbocycles. The Morgan fingerprint density at radius 1 is 1.27 bits per heavy atom. The molecule has 0 unspecified atom stereocenters. The highest BCUT2D eigenvalue weighted by molar-refractivity contribution is 6.04. The summed E-state index contributed by atoms with van der Waals surface area (Å²) in [7, 11) is 1.58. The zero-order chi connectivity index (χ0) is 23.4. The van der Waals surface area contributed by atoms with Crippen LogP contribution in [0.15, 0.2) is 57.6 Å². The number of hydrogen-bond donors (Lipinski definition) is 3. The third-order valence-electron chi connectivity index (χ3n) is 6.25. The molecule has 0 spiro atoms. The molecule has 1 fully saturated rings. The average molecular weight is 451 g/mol. The molecule has 7 nitrogen and oxygen atoms in total. The van der Waals surface area contributed by atoms with Crippen LogP contribution in [-0.2, 0) is 0 Å². The summed E-state index contributed by atoms with van der Waals surface area (Å²) >= 11 is 0. The second kappa shape index (κ2) is 10.0. The van der Waals surface area contributed by atoms with Gasteiger partial charge < -0.3 is 25.8 Å². The topological polar surface area (TPSA) is 89.8 Å². The zero-order valence-corrected chi connectivity index (χ0v) is 19.2. The Bertz CT molecular complexity index is 1240. The van der Waals surface area contributed by atoms with Crippen LogP contribution in [0, 0.1) is 0 Å². The molecular weight excluding hydrogens is 419 g/mol. The molecular formula is C25H31FN6O. The van der Waals surface area contributed by atoms with E-state index in [0.29, 0.717) is 17.6 Å². The van der Waals surface area contributed by atoms with Gasteiger partial charge in [0.1, 0.15) is 17.2 Å². The Hall–Kier alpha value is -3.39. The SMILES string of the molecule is CCN1CCN(C2=CC(NC(=NC)c3c(N)c4c([nH]c3=O)=CCC=CC=4F)=CC=CC2)CC1. The van der Waals surface area contributed by atoms with Crippen LogP contribution in [0.1, 0.15) is 25.3 Å². The van der Waals surface area contributed by atoms with Crippen molar-refractivity contribution in [3.63, 3.8) is 0 Å². The van der Waals surface area contributed by atoms with E-state index in [1.165, 1.54) is 11.8 Å². The van der Waals surface area contributed by atoms with Crippen LogP contribution in [0.3, 0.4) is 0 Å². The number of hydrogen-bond acceptors (Lipinski definition) is 5. The van der Waals surface area contributed by atoms with Crippen molar-refractivity contribution < 1.29 is 4.39 Å². The lowest BCUT2D eigenvalue weighted by Gasteiger charge is -2.36. The van der Waals surface area contributed by atoms with Gasteiger partial charge in [-0.1, -0.05) is 31.2 Å². The third kappa shape index (κ3) is 4.85. The summed E-state index contributed by atoms with van der Waals surface area (Å²) in [5, 5.41) is 3.84. The van der Waals surface area contributed by atoms with E-state index < -0.39 is 11.4 Å². The maximum absolute atomic E-state index is 14.7. The first-order chi connectivity index (χ1) is 16.0. The van der Waals surface area contributed by atoms with E-state index in [4.69, 9.17) is 5.73 Å². The number of allylic oxidation sites excluding steroid dienone is 6. The van der Waals surface area contributed by atoms with Crippen LogP contribution in [0.25, 0.3) is 11.9 Å². The first-order valence-corrected chi connectivity index (χ1v) is 11.4. The van der Waals surface area contributed by atoms with Gasteiger partial charge in [0.15, 0.2) is 0 Å². The van der Waals surface area contributed by atoms with E-state index in [1.807, 2.05) is 12.2 Å². The molecule has 0 atom stereocenters. The minimum Gasteiger partial charge on any atom is -0.397 e. The number of piperazine rings is 1. The summed E-state index contributed by atoms with van der Waals surface area (Å²) in [5.41, 5.74) is 8.13. The van der Waals surface area contributed by atoms with Gasteiger partial charge in [-0.05, 0) is 31.2 Å². The molecule has 1 aromatic heterocycles. The third-order valence-corrected chi connectivity index (χ3v) is 6.25. The highest BCUT2D eigenvalue weighted by Gasteiger charge is 2.20. The molecule has 3 aliphatic rings. The lowest BCUT2D eigenvalue weighted by atomic mass is 10.1. The summed E-state index contributed by atoms with van der Waals surface area (Å²) in [4.78, 5) is 24.8. The Balaban J connectivity index is 1.66. The van der Waals surface area contributed by atoms with Gasteiger partial charge in [-0.2, -0.15) is 0 Å². The molecule has 4 N–H and O–H groups in total. The molecule has 1 aromatic rings. The number of aliphatic imine (C=N–C) groups is 1. The van der Waals surface area contributed by atoms with Crippen LogP contribution in [0.2, 0.25) is 0 Å². The number of fused-ring (bicyclic) bond motifs is 1. The van der Waals surface area contributed by atoms with Gasteiger partial charge in [0.2, 0.25) is 0 Å². The fraction of sp³-hybridized carbons (Fsp3) is 0.360. The van der Waals surface area contributed by atoms with Gasteiger partial charge in [-0.25, -0.2) is 4.39 Å². The first kappa shape index (κ1) is 22.8. The van der Waals surface area contributed by atoms with Gasteiger partial charge >= 0.3 is 0 Å². The summed E-state index contributed by atoms with van der Waals surface area (Å²) in [6, 6.07) is 0. The predicted octanol–water partition coefficient (Wildman–Crippen LogP) is 1.11. The molecule has 1 aliphatic heterocycles. The summed E-state index contributed by atoms with van der Waals surface area (Å²) in [5.74, 6) is -0.181. The van der Waals surface area contributed by atoms with Gasteiger partial charge in [-0.15, -0.1) is 0 Å². The Kier molecular flexibility index (Phi) is 6.93.